The zero-order valence-corrected chi connectivity index (χ0v) is 13.3. The molecule has 0 atom stereocenters. The third kappa shape index (κ3) is 2.91. The molecule has 6 nitrogen and oxygen atoms in total. The minimum absolute atomic E-state index is 0.176. The van der Waals surface area contributed by atoms with Gasteiger partial charge in [-0.25, -0.2) is 4.98 Å². The first kappa shape index (κ1) is 14.9. The normalized spacial score (nSPS) is 17.3. The number of nitrogens with zero attached hydrogens (tertiary/aromatic N) is 2. The van der Waals surface area contributed by atoms with Crippen molar-refractivity contribution in [1.82, 2.24) is 10.3 Å². The highest BCUT2D eigenvalue weighted by molar-refractivity contribution is 5.95. The van der Waals surface area contributed by atoms with E-state index in [1.807, 2.05) is 24.3 Å². The molecule has 1 N–H and O–H groups in total. The van der Waals surface area contributed by atoms with Crippen LogP contribution in [0.15, 0.2) is 35.1 Å². The van der Waals surface area contributed by atoms with Crippen molar-refractivity contribution in [2.45, 2.75) is 38.1 Å². The zero-order chi connectivity index (χ0) is 16.5. The van der Waals surface area contributed by atoms with Crippen LogP contribution in [-0.2, 0) is 11.3 Å². The quantitative estimate of drug-likeness (QED) is 0.917. The fourth-order valence-electron chi connectivity index (χ4n) is 3.04. The van der Waals surface area contributed by atoms with E-state index in [4.69, 9.17) is 4.42 Å². The summed E-state index contributed by atoms with van der Waals surface area (Å²) >= 11 is 0. The number of aromatic nitrogens is 1. The summed E-state index contributed by atoms with van der Waals surface area (Å²) in [5, 5.41) is 2.88. The zero-order valence-electron chi connectivity index (χ0n) is 13.3. The van der Waals surface area contributed by atoms with E-state index in [-0.39, 0.29) is 11.8 Å². The van der Waals surface area contributed by atoms with Gasteiger partial charge in [0.05, 0.1) is 0 Å². The second-order valence-corrected chi connectivity index (χ2v) is 6.34. The lowest BCUT2D eigenvalue weighted by Crippen LogP contribution is -2.25. The first-order valence-electron chi connectivity index (χ1n) is 8.33. The van der Waals surface area contributed by atoms with E-state index in [0.29, 0.717) is 30.3 Å². The van der Waals surface area contributed by atoms with E-state index in [1.54, 1.807) is 4.90 Å². The first-order chi connectivity index (χ1) is 11.7. The summed E-state index contributed by atoms with van der Waals surface area (Å²) in [4.78, 5) is 29.9. The summed E-state index contributed by atoms with van der Waals surface area (Å²) in [6, 6.07) is 7.73. The number of benzene rings is 1. The van der Waals surface area contributed by atoms with Gasteiger partial charge >= 0.3 is 0 Å². The topological polar surface area (TPSA) is 75.4 Å². The molecular formula is C18H19N3O3. The Labute approximate surface area is 139 Å². The smallest absolute Gasteiger partial charge is 0.273 e. The molecule has 0 bridgehead atoms. The van der Waals surface area contributed by atoms with Crippen LogP contribution in [-0.4, -0.2) is 23.3 Å². The fraction of sp³-hybridized carbons (Fsp3) is 0.389. The minimum Gasteiger partial charge on any atom is -0.447 e. The SMILES string of the molecule is O=C(NCc1ccc(N2CCCC2=O)cc1)c1ncoc1C1CC1. The number of oxazole rings is 1. The standard InChI is InChI=1S/C18H19N3O3/c22-15-2-1-9-21(15)14-7-3-12(4-8-14)10-19-18(23)16-17(13-5-6-13)24-11-20-16/h3-4,7-8,11,13H,1-2,5-6,9-10H2,(H,19,23). The minimum atomic E-state index is -0.204. The molecule has 1 saturated carbocycles. The Balaban J connectivity index is 1.38. The lowest BCUT2D eigenvalue weighted by molar-refractivity contribution is -0.117. The molecule has 1 aromatic carbocycles. The number of hydrogen-bond donors (Lipinski definition) is 1. The maximum absolute atomic E-state index is 12.3. The Morgan fingerprint density at radius 3 is 2.75 bits per heavy atom. The highest BCUT2D eigenvalue weighted by atomic mass is 16.3. The average Bonchev–Trinajstić information content (AvgIpc) is 3.16. The maximum Gasteiger partial charge on any atom is 0.273 e. The number of carbonyl (C=O) groups is 2. The summed E-state index contributed by atoms with van der Waals surface area (Å²) in [5.74, 6) is 1.03. The molecule has 2 heterocycles. The number of anilines is 1. The van der Waals surface area contributed by atoms with Crippen LogP contribution in [0.25, 0.3) is 0 Å². The molecule has 24 heavy (non-hydrogen) atoms. The van der Waals surface area contributed by atoms with Crippen LogP contribution in [0.1, 0.15) is 53.4 Å². The van der Waals surface area contributed by atoms with E-state index in [2.05, 4.69) is 10.3 Å². The van der Waals surface area contributed by atoms with Crippen LogP contribution in [0.4, 0.5) is 5.69 Å². The lowest BCUT2D eigenvalue weighted by atomic mass is 10.2. The highest BCUT2D eigenvalue weighted by Crippen LogP contribution is 2.41. The van der Waals surface area contributed by atoms with Crippen molar-refractivity contribution < 1.29 is 14.0 Å². The third-order valence-corrected chi connectivity index (χ3v) is 4.53. The molecule has 6 heteroatoms. The van der Waals surface area contributed by atoms with E-state index in [9.17, 15) is 9.59 Å². The first-order valence-corrected chi connectivity index (χ1v) is 8.33. The molecule has 4 rings (SSSR count). The predicted octanol–water partition coefficient (Wildman–Crippen LogP) is 2.61. The Morgan fingerprint density at radius 1 is 1.29 bits per heavy atom. The Kier molecular flexibility index (Phi) is 3.80. The molecule has 0 unspecified atom stereocenters. The maximum atomic E-state index is 12.3. The van der Waals surface area contributed by atoms with Crippen LogP contribution in [0.3, 0.4) is 0 Å². The van der Waals surface area contributed by atoms with Gasteiger partial charge in [-0.3, -0.25) is 9.59 Å². The van der Waals surface area contributed by atoms with Gasteiger partial charge in [-0.15, -0.1) is 0 Å². The van der Waals surface area contributed by atoms with E-state index in [0.717, 1.165) is 37.1 Å². The van der Waals surface area contributed by atoms with Gasteiger partial charge in [-0.05, 0) is 37.0 Å². The molecule has 124 valence electrons. The number of carbonyl (C=O) groups excluding carboxylic acids is 2. The van der Waals surface area contributed by atoms with Gasteiger partial charge in [0.15, 0.2) is 12.1 Å². The van der Waals surface area contributed by atoms with Gasteiger partial charge in [0.1, 0.15) is 5.76 Å². The van der Waals surface area contributed by atoms with Gasteiger partial charge < -0.3 is 14.6 Å². The van der Waals surface area contributed by atoms with Crippen molar-refractivity contribution in [3.05, 3.63) is 47.7 Å². The van der Waals surface area contributed by atoms with E-state index >= 15 is 0 Å². The second-order valence-electron chi connectivity index (χ2n) is 6.34. The van der Waals surface area contributed by atoms with E-state index < -0.39 is 0 Å². The van der Waals surface area contributed by atoms with Crippen LogP contribution in [0.5, 0.6) is 0 Å². The largest absolute Gasteiger partial charge is 0.447 e. The molecule has 2 aromatic rings. The van der Waals surface area contributed by atoms with Gasteiger partial charge in [-0.2, -0.15) is 0 Å². The highest BCUT2D eigenvalue weighted by Gasteiger charge is 2.32. The summed E-state index contributed by atoms with van der Waals surface area (Å²) in [6.07, 6.45) is 5.00. The molecule has 2 amide bonds. The average molecular weight is 325 g/mol. The summed E-state index contributed by atoms with van der Waals surface area (Å²) in [5.41, 5.74) is 2.30. The van der Waals surface area contributed by atoms with Crippen LogP contribution in [0.2, 0.25) is 0 Å². The van der Waals surface area contributed by atoms with Gasteiger partial charge in [-0.1, -0.05) is 12.1 Å². The third-order valence-electron chi connectivity index (χ3n) is 4.53. The Morgan fingerprint density at radius 2 is 2.08 bits per heavy atom. The van der Waals surface area contributed by atoms with Crippen LogP contribution in [0, 0.1) is 0 Å². The summed E-state index contributed by atoms with van der Waals surface area (Å²) in [7, 11) is 0. The molecule has 0 radical (unpaired) electrons. The fourth-order valence-corrected chi connectivity index (χ4v) is 3.04. The molecule has 2 aliphatic rings. The monoisotopic (exact) mass is 325 g/mol. The Bertz CT molecular complexity index is 762. The van der Waals surface area contributed by atoms with Crippen molar-refractivity contribution >= 4 is 17.5 Å². The summed E-state index contributed by atoms with van der Waals surface area (Å²) in [6.45, 7) is 1.20. The predicted molar refractivity (Wildman–Crippen MR) is 87.7 cm³/mol. The van der Waals surface area contributed by atoms with Crippen LogP contribution < -0.4 is 10.2 Å². The van der Waals surface area contributed by atoms with Gasteiger partial charge in [0, 0.05) is 31.1 Å². The van der Waals surface area contributed by atoms with Crippen molar-refractivity contribution in [3.8, 4) is 0 Å². The Hall–Kier alpha value is -2.63. The molecule has 1 aromatic heterocycles. The number of hydrogen-bond acceptors (Lipinski definition) is 4. The second kappa shape index (κ2) is 6.11. The van der Waals surface area contributed by atoms with Crippen molar-refractivity contribution in [3.63, 3.8) is 0 Å². The lowest BCUT2D eigenvalue weighted by Gasteiger charge is -2.16. The van der Waals surface area contributed by atoms with E-state index in [1.165, 1.54) is 6.39 Å². The molecule has 1 saturated heterocycles. The number of amides is 2. The van der Waals surface area contributed by atoms with Crippen LogP contribution >= 0.6 is 0 Å². The molecule has 1 aliphatic carbocycles. The van der Waals surface area contributed by atoms with Gasteiger partial charge in [0.2, 0.25) is 5.91 Å². The number of rotatable bonds is 5. The number of nitrogens with one attached hydrogen (secondary N) is 1. The van der Waals surface area contributed by atoms with Crippen molar-refractivity contribution in [2.75, 3.05) is 11.4 Å². The molecule has 1 aliphatic heterocycles. The molecule has 0 spiro atoms. The van der Waals surface area contributed by atoms with Crippen molar-refractivity contribution in [1.29, 1.82) is 0 Å². The van der Waals surface area contributed by atoms with Crippen molar-refractivity contribution in [2.24, 2.45) is 0 Å². The summed E-state index contributed by atoms with van der Waals surface area (Å²) < 4.78 is 5.34. The molecule has 2 fully saturated rings. The van der Waals surface area contributed by atoms with Gasteiger partial charge in [0.25, 0.3) is 5.91 Å². The molecular weight excluding hydrogens is 306 g/mol.